The number of amides is 2. The average Bonchev–Trinajstić information content (AvgIpc) is 2.77. The van der Waals surface area contributed by atoms with E-state index in [1.165, 1.54) is 0 Å². The molecule has 5 nitrogen and oxygen atoms in total. The van der Waals surface area contributed by atoms with Crippen molar-refractivity contribution >= 4 is 17.5 Å². The number of nitrogens with one attached hydrogen (secondary N) is 2. The zero-order chi connectivity index (χ0) is 12.3. The van der Waals surface area contributed by atoms with Crippen LogP contribution in [0.4, 0.5) is 5.69 Å². The van der Waals surface area contributed by atoms with E-state index in [9.17, 15) is 9.59 Å². The molecule has 0 aliphatic carbocycles. The number of para-hydroxylation sites is 1. The van der Waals surface area contributed by atoms with Gasteiger partial charge >= 0.3 is 0 Å². The van der Waals surface area contributed by atoms with Crippen molar-refractivity contribution in [1.29, 1.82) is 0 Å². The highest BCUT2D eigenvalue weighted by Gasteiger charge is 2.27. The first kappa shape index (κ1) is 11.6. The second-order valence-electron chi connectivity index (χ2n) is 4.01. The van der Waals surface area contributed by atoms with E-state index in [1.807, 2.05) is 18.2 Å². The molecule has 2 rings (SSSR count). The molecule has 1 aliphatic rings. The highest BCUT2D eigenvalue weighted by molar-refractivity contribution is 5.99. The molecule has 17 heavy (non-hydrogen) atoms. The van der Waals surface area contributed by atoms with Crippen LogP contribution in [0.2, 0.25) is 0 Å². The summed E-state index contributed by atoms with van der Waals surface area (Å²) in [6.07, 6.45) is 0.964. The number of benzene rings is 1. The van der Waals surface area contributed by atoms with Crippen LogP contribution in [-0.2, 0) is 16.1 Å². The number of carbonyl (C=O) groups is 2. The summed E-state index contributed by atoms with van der Waals surface area (Å²) in [7, 11) is 0. The van der Waals surface area contributed by atoms with Gasteiger partial charge in [-0.3, -0.25) is 9.59 Å². The van der Waals surface area contributed by atoms with E-state index in [0.717, 1.165) is 5.56 Å². The summed E-state index contributed by atoms with van der Waals surface area (Å²) in [6, 6.07) is 6.95. The minimum Gasteiger partial charge on any atom is -0.344 e. The van der Waals surface area contributed by atoms with Gasteiger partial charge in [0.05, 0.1) is 0 Å². The molecule has 0 spiro atoms. The third-order valence-corrected chi connectivity index (χ3v) is 2.81. The third kappa shape index (κ3) is 2.62. The van der Waals surface area contributed by atoms with Crippen molar-refractivity contribution in [3.8, 4) is 0 Å². The Bertz CT molecular complexity index is 445. The number of hydrogen-bond acceptors (Lipinski definition) is 3. The van der Waals surface area contributed by atoms with Crippen LogP contribution in [0.5, 0.6) is 0 Å². The maximum atomic E-state index is 11.9. The summed E-state index contributed by atoms with van der Waals surface area (Å²) in [4.78, 5) is 22.9. The number of hydrogen-bond donors (Lipinski definition) is 3. The number of carbonyl (C=O) groups excluding carboxylic acids is 2. The molecule has 0 radical (unpaired) electrons. The molecule has 1 aromatic rings. The Labute approximate surface area is 99.4 Å². The predicted octanol–water partition coefficient (Wildman–Crippen LogP) is 0.362. The zero-order valence-corrected chi connectivity index (χ0v) is 9.40. The van der Waals surface area contributed by atoms with Gasteiger partial charge in [0.1, 0.15) is 6.04 Å². The highest BCUT2D eigenvalue weighted by atomic mass is 16.2. The van der Waals surface area contributed by atoms with Crippen molar-refractivity contribution in [2.24, 2.45) is 5.73 Å². The average molecular weight is 233 g/mol. The van der Waals surface area contributed by atoms with E-state index >= 15 is 0 Å². The van der Waals surface area contributed by atoms with Crippen molar-refractivity contribution in [3.63, 3.8) is 0 Å². The SMILES string of the molecule is NCc1ccccc1NC(=O)[C@H]1CCC(=O)N1. The fraction of sp³-hybridized carbons (Fsp3) is 0.333. The second-order valence-corrected chi connectivity index (χ2v) is 4.01. The van der Waals surface area contributed by atoms with E-state index in [2.05, 4.69) is 10.6 Å². The molecule has 4 N–H and O–H groups in total. The molecule has 0 bridgehead atoms. The highest BCUT2D eigenvalue weighted by Crippen LogP contribution is 2.16. The molecule has 5 heteroatoms. The van der Waals surface area contributed by atoms with Crippen molar-refractivity contribution in [2.45, 2.75) is 25.4 Å². The lowest BCUT2D eigenvalue weighted by atomic mass is 10.1. The normalized spacial score (nSPS) is 18.9. The van der Waals surface area contributed by atoms with Crippen LogP contribution in [0, 0.1) is 0 Å². The van der Waals surface area contributed by atoms with Crippen LogP contribution in [-0.4, -0.2) is 17.9 Å². The summed E-state index contributed by atoms with van der Waals surface area (Å²) in [6.45, 7) is 0.369. The van der Waals surface area contributed by atoms with Crippen LogP contribution in [0.3, 0.4) is 0 Å². The maximum Gasteiger partial charge on any atom is 0.246 e. The summed E-state index contributed by atoms with van der Waals surface area (Å²) < 4.78 is 0. The standard InChI is InChI=1S/C12H15N3O2/c13-7-8-3-1-2-4-9(8)15-12(17)10-5-6-11(16)14-10/h1-4,10H,5-7,13H2,(H,14,16)(H,15,17)/t10-/m1/s1. The van der Waals surface area contributed by atoms with Crippen molar-refractivity contribution < 1.29 is 9.59 Å². The third-order valence-electron chi connectivity index (χ3n) is 2.81. The first-order chi connectivity index (χ1) is 8.20. The molecule has 0 aromatic heterocycles. The van der Waals surface area contributed by atoms with Gasteiger partial charge in [-0.25, -0.2) is 0 Å². The van der Waals surface area contributed by atoms with Gasteiger partial charge in [-0.2, -0.15) is 0 Å². The molecule has 0 unspecified atom stereocenters. The van der Waals surface area contributed by atoms with Crippen molar-refractivity contribution in [2.75, 3.05) is 5.32 Å². The number of rotatable bonds is 3. The zero-order valence-electron chi connectivity index (χ0n) is 9.40. The van der Waals surface area contributed by atoms with Crippen molar-refractivity contribution in [1.82, 2.24) is 5.32 Å². The van der Waals surface area contributed by atoms with E-state index < -0.39 is 6.04 Å². The molecule has 1 fully saturated rings. The lowest BCUT2D eigenvalue weighted by Crippen LogP contribution is -2.37. The minimum absolute atomic E-state index is 0.0720. The molecule has 1 heterocycles. The first-order valence-electron chi connectivity index (χ1n) is 5.59. The number of anilines is 1. The largest absolute Gasteiger partial charge is 0.344 e. The molecule has 1 aromatic carbocycles. The summed E-state index contributed by atoms with van der Waals surface area (Å²) in [5.74, 6) is -0.256. The van der Waals surface area contributed by atoms with E-state index in [0.29, 0.717) is 25.1 Å². The molecular weight excluding hydrogens is 218 g/mol. The Hall–Kier alpha value is -1.88. The maximum absolute atomic E-state index is 11.9. The molecule has 2 amide bonds. The lowest BCUT2D eigenvalue weighted by molar-refractivity contribution is -0.122. The minimum atomic E-state index is -0.423. The Kier molecular flexibility index (Phi) is 3.39. The lowest BCUT2D eigenvalue weighted by Gasteiger charge is -2.13. The van der Waals surface area contributed by atoms with Gasteiger partial charge in [-0.15, -0.1) is 0 Å². The van der Waals surface area contributed by atoms with Gasteiger partial charge in [-0.05, 0) is 18.1 Å². The van der Waals surface area contributed by atoms with Crippen molar-refractivity contribution in [3.05, 3.63) is 29.8 Å². The fourth-order valence-corrected chi connectivity index (χ4v) is 1.85. The van der Waals surface area contributed by atoms with Crippen LogP contribution in [0.1, 0.15) is 18.4 Å². The van der Waals surface area contributed by atoms with Gasteiger partial charge < -0.3 is 16.4 Å². The summed E-state index contributed by atoms with van der Waals surface area (Å²) in [5.41, 5.74) is 7.17. The Balaban J connectivity index is 2.05. The van der Waals surface area contributed by atoms with Gasteiger partial charge in [-0.1, -0.05) is 18.2 Å². The quantitative estimate of drug-likeness (QED) is 0.705. The van der Waals surface area contributed by atoms with Gasteiger partial charge in [0.2, 0.25) is 11.8 Å². The Morgan fingerprint density at radius 1 is 1.47 bits per heavy atom. The molecule has 1 saturated heterocycles. The van der Waals surface area contributed by atoms with Crippen LogP contribution in [0.15, 0.2) is 24.3 Å². The van der Waals surface area contributed by atoms with E-state index in [-0.39, 0.29) is 11.8 Å². The molecular formula is C12H15N3O2. The second kappa shape index (κ2) is 4.97. The molecule has 1 atom stereocenters. The van der Waals surface area contributed by atoms with Gasteiger partial charge in [0.15, 0.2) is 0 Å². The van der Waals surface area contributed by atoms with E-state index in [1.54, 1.807) is 6.07 Å². The smallest absolute Gasteiger partial charge is 0.246 e. The Morgan fingerprint density at radius 3 is 2.88 bits per heavy atom. The summed E-state index contributed by atoms with van der Waals surface area (Å²) >= 11 is 0. The first-order valence-corrected chi connectivity index (χ1v) is 5.59. The van der Waals surface area contributed by atoms with Crippen LogP contribution in [0.25, 0.3) is 0 Å². The van der Waals surface area contributed by atoms with Gasteiger partial charge in [0, 0.05) is 18.7 Å². The fourth-order valence-electron chi connectivity index (χ4n) is 1.85. The predicted molar refractivity (Wildman–Crippen MR) is 64.1 cm³/mol. The van der Waals surface area contributed by atoms with Crippen LogP contribution < -0.4 is 16.4 Å². The molecule has 0 saturated carbocycles. The Morgan fingerprint density at radius 2 is 2.24 bits per heavy atom. The molecule has 90 valence electrons. The summed E-state index contributed by atoms with van der Waals surface area (Å²) in [5, 5.41) is 5.42. The number of nitrogens with two attached hydrogens (primary N) is 1. The van der Waals surface area contributed by atoms with Crippen LogP contribution >= 0.6 is 0 Å². The molecule has 1 aliphatic heterocycles. The van der Waals surface area contributed by atoms with Gasteiger partial charge in [0.25, 0.3) is 0 Å². The topological polar surface area (TPSA) is 84.2 Å². The monoisotopic (exact) mass is 233 g/mol. The van der Waals surface area contributed by atoms with E-state index in [4.69, 9.17) is 5.73 Å².